The molecule has 2 aromatic heterocycles. The van der Waals surface area contributed by atoms with Gasteiger partial charge in [-0.3, -0.25) is 0 Å². The minimum atomic E-state index is 0.303. The van der Waals surface area contributed by atoms with Crippen LogP contribution in [0.2, 0.25) is 0 Å². The van der Waals surface area contributed by atoms with Crippen LogP contribution < -0.4 is 10.6 Å². The Morgan fingerprint density at radius 3 is 2.67 bits per heavy atom. The van der Waals surface area contributed by atoms with Crippen molar-refractivity contribution in [3.8, 4) is 0 Å². The third-order valence-electron chi connectivity index (χ3n) is 4.76. The molecule has 0 atom stereocenters. The molecular weight excluding hydrogens is 300 g/mol. The summed E-state index contributed by atoms with van der Waals surface area (Å²) in [5.41, 5.74) is 8.89. The molecule has 6 heteroatoms. The Morgan fingerprint density at radius 2 is 1.92 bits per heavy atom. The number of hydrogen-bond acceptors (Lipinski definition) is 5. The number of nitrogens with two attached hydrogens (primary N) is 1. The smallest absolute Gasteiger partial charge is 0.224 e. The monoisotopic (exact) mass is 322 g/mol. The average Bonchev–Trinajstić information content (AvgIpc) is 3.23. The molecule has 0 saturated heterocycles. The summed E-state index contributed by atoms with van der Waals surface area (Å²) in [7, 11) is 2.02. The first kappa shape index (κ1) is 14.9. The highest BCUT2D eigenvalue weighted by Gasteiger charge is 2.22. The minimum Gasteiger partial charge on any atom is -0.368 e. The number of aromatic nitrogens is 4. The van der Waals surface area contributed by atoms with E-state index in [2.05, 4.69) is 36.6 Å². The fraction of sp³-hybridized carbons (Fsp3) is 0.389. The molecule has 1 aliphatic carbocycles. The van der Waals surface area contributed by atoms with Gasteiger partial charge in [0, 0.05) is 19.6 Å². The summed E-state index contributed by atoms with van der Waals surface area (Å²) >= 11 is 0. The van der Waals surface area contributed by atoms with Gasteiger partial charge >= 0.3 is 0 Å². The van der Waals surface area contributed by atoms with Crippen LogP contribution in [0.5, 0.6) is 0 Å². The maximum atomic E-state index is 5.99. The molecule has 4 rings (SSSR count). The molecule has 1 aromatic carbocycles. The maximum Gasteiger partial charge on any atom is 0.224 e. The molecule has 0 bridgehead atoms. The SMILES string of the molecule is CN(Cc1ccccc1)c1nc(N)nc2c1ncn2C1CCCC1. The first-order chi connectivity index (χ1) is 11.7. The maximum absolute atomic E-state index is 5.99. The second-order valence-electron chi connectivity index (χ2n) is 6.51. The molecule has 3 aromatic rings. The lowest BCUT2D eigenvalue weighted by molar-refractivity contribution is 0.529. The van der Waals surface area contributed by atoms with Crippen molar-refractivity contribution in [2.24, 2.45) is 0 Å². The molecule has 2 N–H and O–H groups in total. The fourth-order valence-electron chi connectivity index (χ4n) is 3.57. The van der Waals surface area contributed by atoms with Crippen LogP contribution in [0.4, 0.5) is 11.8 Å². The summed E-state index contributed by atoms with van der Waals surface area (Å²) in [6, 6.07) is 10.8. The van der Waals surface area contributed by atoms with Gasteiger partial charge in [0.2, 0.25) is 5.95 Å². The Morgan fingerprint density at radius 1 is 1.17 bits per heavy atom. The predicted molar refractivity (Wildman–Crippen MR) is 95.8 cm³/mol. The van der Waals surface area contributed by atoms with Gasteiger partial charge in [-0.2, -0.15) is 9.97 Å². The van der Waals surface area contributed by atoms with E-state index in [1.54, 1.807) is 0 Å². The molecule has 1 saturated carbocycles. The van der Waals surface area contributed by atoms with Gasteiger partial charge in [-0.1, -0.05) is 43.2 Å². The number of rotatable bonds is 4. The quantitative estimate of drug-likeness (QED) is 0.799. The van der Waals surface area contributed by atoms with Gasteiger partial charge in [0.1, 0.15) is 0 Å². The Balaban J connectivity index is 1.72. The molecule has 0 spiro atoms. The van der Waals surface area contributed by atoms with Crippen LogP contribution in [-0.4, -0.2) is 26.6 Å². The Hall–Kier alpha value is -2.63. The van der Waals surface area contributed by atoms with Crippen molar-refractivity contribution >= 4 is 22.9 Å². The van der Waals surface area contributed by atoms with E-state index in [4.69, 9.17) is 5.73 Å². The van der Waals surface area contributed by atoms with E-state index in [0.29, 0.717) is 12.0 Å². The van der Waals surface area contributed by atoms with Crippen LogP contribution in [0.3, 0.4) is 0 Å². The highest BCUT2D eigenvalue weighted by molar-refractivity contribution is 5.84. The number of hydrogen-bond donors (Lipinski definition) is 1. The highest BCUT2D eigenvalue weighted by Crippen LogP contribution is 2.33. The van der Waals surface area contributed by atoms with Crippen LogP contribution in [0.15, 0.2) is 36.7 Å². The zero-order valence-electron chi connectivity index (χ0n) is 13.9. The van der Waals surface area contributed by atoms with Gasteiger partial charge in [-0.25, -0.2) is 4.98 Å². The first-order valence-electron chi connectivity index (χ1n) is 8.47. The topological polar surface area (TPSA) is 72.9 Å². The second kappa shape index (κ2) is 6.11. The summed E-state index contributed by atoms with van der Waals surface area (Å²) in [6.45, 7) is 0.753. The van der Waals surface area contributed by atoms with Gasteiger partial charge < -0.3 is 15.2 Å². The van der Waals surface area contributed by atoms with E-state index < -0.39 is 0 Å². The van der Waals surface area contributed by atoms with Crippen LogP contribution in [0, 0.1) is 0 Å². The molecule has 24 heavy (non-hydrogen) atoms. The molecule has 1 fully saturated rings. The van der Waals surface area contributed by atoms with E-state index >= 15 is 0 Å². The van der Waals surface area contributed by atoms with Crippen molar-refractivity contribution in [1.29, 1.82) is 0 Å². The van der Waals surface area contributed by atoms with Crippen LogP contribution >= 0.6 is 0 Å². The van der Waals surface area contributed by atoms with Crippen molar-refractivity contribution in [3.63, 3.8) is 0 Å². The number of fused-ring (bicyclic) bond motifs is 1. The number of imidazole rings is 1. The van der Waals surface area contributed by atoms with E-state index in [9.17, 15) is 0 Å². The van der Waals surface area contributed by atoms with Gasteiger partial charge in [-0.05, 0) is 18.4 Å². The van der Waals surface area contributed by atoms with E-state index in [-0.39, 0.29) is 0 Å². The molecule has 124 valence electrons. The highest BCUT2D eigenvalue weighted by atomic mass is 15.2. The third kappa shape index (κ3) is 2.68. The molecule has 2 heterocycles. The lowest BCUT2D eigenvalue weighted by atomic mass is 10.2. The predicted octanol–water partition coefficient (Wildman–Crippen LogP) is 3.16. The van der Waals surface area contributed by atoms with E-state index in [1.807, 2.05) is 31.6 Å². The Bertz CT molecular complexity index is 835. The minimum absolute atomic E-state index is 0.303. The lowest BCUT2D eigenvalue weighted by Gasteiger charge is -2.19. The van der Waals surface area contributed by atoms with Gasteiger partial charge in [0.15, 0.2) is 17.0 Å². The molecular formula is C18H22N6. The summed E-state index contributed by atoms with van der Waals surface area (Å²) in [5.74, 6) is 1.09. The summed E-state index contributed by atoms with van der Waals surface area (Å²) in [6.07, 6.45) is 6.81. The van der Waals surface area contributed by atoms with Crippen LogP contribution in [0.25, 0.3) is 11.2 Å². The summed E-state index contributed by atoms with van der Waals surface area (Å²) < 4.78 is 2.18. The molecule has 0 amide bonds. The summed E-state index contributed by atoms with van der Waals surface area (Å²) in [5, 5.41) is 0. The standard InChI is InChI=1S/C18H22N6/c1-23(11-13-7-3-2-4-8-13)16-15-17(22-18(19)21-16)24(12-20-15)14-9-5-6-10-14/h2-4,7-8,12,14H,5-6,9-11H2,1H3,(H2,19,21,22). The lowest BCUT2D eigenvalue weighted by Crippen LogP contribution is -2.19. The van der Waals surface area contributed by atoms with E-state index in [0.717, 1.165) is 23.5 Å². The molecule has 6 nitrogen and oxygen atoms in total. The number of benzene rings is 1. The molecule has 0 radical (unpaired) electrons. The zero-order valence-corrected chi connectivity index (χ0v) is 13.9. The van der Waals surface area contributed by atoms with Crippen molar-refractivity contribution in [3.05, 3.63) is 42.2 Å². The van der Waals surface area contributed by atoms with Gasteiger partial charge in [-0.15, -0.1) is 0 Å². The van der Waals surface area contributed by atoms with Gasteiger partial charge in [0.05, 0.1) is 6.33 Å². The molecule has 0 aliphatic heterocycles. The van der Waals surface area contributed by atoms with E-state index in [1.165, 1.54) is 31.2 Å². The third-order valence-corrected chi connectivity index (χ3v) is 4.76. The van der Waals surface area contributed by atoms with Crippen molar-refractivity contribution in [2.45, 2.75) is 38.3 Å². The zero-order chi connectivity index (χ0) is 16.5. The average molecular weight is 322 g/mol. The second-order valence-corrected chi connectivity index (χ2v) is 6.51. The van der Waals surface area contributed by atoms with Crippen LogP contribution in [0.1, 0.15) is 37.3 Å². The van der Waals surface area contributed by atoms with Crippen molar-refractivity contribution in [2.75, 3.05) is 17.7 Å². The molecule has 1 aliphatic rings. The Kier molecular flexibility index (Phi) is 3.80. The first-order valence-corrected chi connectivity index (χ1v) is 8.47. The summed E-state index contributed by atoms with van der Waals surface area (Å²) in [4.78, 5) is 15.6. The number of anilines is 2. The van der Waals surface area contributed by atoms with Crippen molar-refractivity contribution < 1.29 is 0 Å². The number of nitrogen functional groups attached to an aromatic ring is 1. The Labute approximate surface area is 141 Å². The number of nitrogens with zero attached hydrogens (tertiary/aromatic N) is 5. The largest absolute Gasteiger partial charge is 0.368 e. The normalized spacial score (nSPS) is 15.2. The molecule has 0 unspecified atom stereocenters. The fourth-order valence-corrected chi connectivity index (χ4v) is 3.57. The van der Waals surface area contributed by atoms with Crippen molar-refractivity contribution in [1.82, 2.24) is 19.5 Å². The van der Waals surface area contributed by atoms with Gasteiger partial charge in [0.25, 0.3) is 0 Å². The van der Waals surface area contributed by atoms with Crippen LogP contribution in [-0.2, 0) is 6.54 Å².